The minimum Gasteiger partial charge on any atom is -0.325 e. The minimum absolute atomic E-state index is 0.0345. The Morgan fingerprint density at radius 1 is 1.28 bits per heavy atom. The number of hydrogen-bond donors (Lipinski definition) is 2. The molecule has 1 atom stereocenters. The number of nitro benzene ring substituents is 1. The van der Waals surface area contributed by atoms with Crippen LogP contribution in [0.4, 0.5) is 17.1 Å². The van der Waals surface area contributed by atoms with Gasteiger partial charge in [-0.15, -0.1) is 0 Å². The first kappa shape index (κ1) is 14.9. The fourth-order valence-corrected chi connectivity index (χ4v) is 2.93. The highest BCUT2D eigenvalue weighted by atomic mass is 16.6. The quantitative estimate of drug-likeness (QED) is 0.432. The van der Waals surface area contributed by atoms with E-state index in [9.17, 15) is 14.9 Å². The maximum Gasteiger partial charge on any atom is 0.272 e. The van der Waals surface area contributed by atoms with Crippen LogP contribution in [0.15, 0.2) is 35.3 Å². The Morgan fingerprint density at radius 2 is 2.12 bits per heavy atom. The molecule has 0 saturated carbocycles. The highest BCUT2D eigenvalue weighted by molar-refractivity contribution is 6.15. The molecule has 9 nitrogen and oxygen atoms in total. The fraction of sp³-hybridized carbons (Fsp3) is 0.125. The average Bonchev–Trinajstić information content (AvgIpc) is 3.15. The second-order valence-electron chi connectivity index (χ2n) is 5.69. The van der Waals surface area contributed by atoms with Crippen molar-refractivity contribution < 1.29 is 9.72 Å². The van der Waals surface area contributed by atoms with E-state index in [1.54, 1.807) is 31.2 Å². The molecule has 1 unspecified atom stereocenters. The molecule has 9 heteroatoms. The summed E-state index contributed by atoms with van der Waals surface area (Å²) in [5.74, 6) is -0.799. The zero-order chi connectivity index (χ0) is 17.6. The number of carbonyl (C=O) groups excluding carboxylic acids is 1. The van der Waals surface area contributed by atoms with Crippen molar-refractivity contribution in [2.24, 2.45) is 4.99 Å². The largest absolute Gasteiger partial charge is 0.325 e. The van der Waals surface area contributed by atoms with Crippen LogP contribution >= 0.6 is 0 Å². The molecule has 2 aromatic carbocycles. The van der Waals surface area contributed by atoms with E-state index in [2.05, 4.69) is 25.7 Å². The molecular weight excluding hydrogens is 324 g/mol. The Hall–Kier alpha value is -3.62. The predicted molar refractivity (Wildman–Crippen MR) is 91.2 cm³/mol. The molecule has 1 aliphatic heterocycles. The molecule has 0 spiro atoms. The molecule has 2 N–H and O–H groups in total. The van der Waals surface area contributed by atoms with Gasteiger partial charge in [0.1, 0.15) is 17.0 Å². The number of aromatic amines is 1. The number of aliphatic imine (C=N–C) groups is 1. The monoisotopic (exact) mass is 336 g/mol. The van der Waals surface area contributed by atoms with Crippen LogP contribution in [-0.2, 0) is 4.79 Å². The van der Waals surface area contributed by atoms with Gasteiger partial charge >= 0.3 is 0 Å². The van der Waals surface area contributed by atoms with Gasteiger partial charge in [0, 0.05) is 29.1 Å². The molecule has 0 fully saturated rings. The number of nitro groups is 1. The second-order valence-corrected chi connectivity index (χ2v) is 5.69. The van der Waals surface area contributed by atoms with Gasteiger partial charge in [-0.05, 0) is 31.2 Å². The number of H-pyrrole nitrogens is 1. The van der Waals surface area contributed by atoms with Gasteiger partial charge in [-0.1, -0.05) is 0 Å². The van der Waals surface area contributed by atoms with Crippen molar-refractivity contribution >= 4 is 40.2 Å². The van der Waals surface area contributed by atoms with Gasteiger partial charge in [0.05, 0.1) is 10.6 Å². The van der Waals surface area contributed by atoms with E-state index in [4.69, 9.17) is 0 Å². The predicted octanol–water partition coefficient (Wildman–Crippen LogP) is 2.61. The molecule has 0 aliphatic carbocycles. The molecule has 1 aromatic heterocycles. The fourth-order valence-electron chi connectivity index (χ4n) is 2.93. The van der Waals surface area contributed by atoms with Crippen molar-refractivity contribution in [3.8, 4) is 0 Å². The van der Waals surface area contributed by atoms with Crippen molar-refractivity contribution in [1.29, 1.82) is 0 Å². The lowest BCUT2D eigenvalue weighted by Crippen LogP contribution is -2.13. The standard InChI is InChI=1S/C16H12N6O3/c1-8-6-9(2-5-13(8)22(24)25)17-7-10-14-11(18-16(10)23)3-4-12-15(14)20-21-19-12/h2-7,10H,1H3,(H,18,23)(H,19,20,21). The van der Waals surface area contributed by atoms with Crippen LogP contribution in [0.2, 0.25) is 0 Å². The molecule has 4 rings (SSSR count). The number of rotatable bonds is 3. The Labute approximate surface area is 140 Å². The normalized spacial score (nSPS) is 16.4. The third kappa shape index (κ3) is 2.42. The number of fused-ring (bicyclic) bond motifs is 3. The van der Waals surface area contributed by atoms with Crippen LogP contribution in [0.5, 0.6) is 0 Å². The number of hydrogen-bond acceptors (Lipinski definition) is 6. The maximum absolute atomic E-state index is 12.3. The Morgan fingerprint density at radius 3 is 2.88 bits per heavy atom. The van der Waals surface area contributed by atoms with Gasteiger partial charge in [0.25, 0.3) is 5.69 Å². The van der Waals surface area contributed by atoms with E-state index < -0.39 is 10.8 Å². The number of nitrogens with one attached hydrogen (secondary N) is 2. The summed E-state index contributed by atoms with van der Waals surface area (Å²) in [7, 11) is 0. The lowest BCUT2D eigenvalue weighted by Gasteiger charge is -2.03. The molecule has 2 heterocycles. The van der Waals surface area contributed by atoms with E-state index >= 15 is 0 Å². The number of nitrogens with zero attached hydrogens (tertiary/aromatic N) is 4. The number of amides is 1. The molecule has 25 heavy (non-hydrogen) atoms. The third-order valence-electron chi connectivity index (χ3n) is 4.13. The highest BCUT2D eigenvalue weighted by Crippen LogP contribution is 2.36. The second kappa shape index (κ2) is 5.48. The smallest absolute Gasteiger partial charge is 0.272 e. The zero-order valence-electron chi connectivity index (χ0n) is 13.1. The summed E-state index contributed by atoms with van der Waals surface area (Å²) in [6.07, 6.45) is 1.52. The van der Waals surface area contributed by atoms with E-state index in [0.717, 1.165) is 5.56 Å². The van der Waals surface area contributed by atoms with Crippen molar-refractivity contribution in [3.63, 3.8) is 0 Å². The minimum atomic E-state index is -0.598. The molecular formula is C16H12N6O3. The van der Waals surface area contributed by atoms with Crippen LogP contribution in [0.3, 0.4) is 0 Å². The number of carbonyl (C=O) groups is 1. The molecule has 0 radical (unpaired) electrons. The number of benzene rings is 2. The number of anilines is 1. The first-order chi connectivity index (χ1) is 12.0. The molecule has 124 valence electrons. The summed E-state index contributed by atoms with van der Waals surface area (Å²) in [5.41, 5.74) is 3.77. The van der Waals surface area contributed by atoms with Gasteiger partial charge in [-0.25, -0.2) is 0 Å². The lowest BCUT2D eigenvalue weighted by atomic mass is 10.0. The first-order valence-corrected chi connectivity index (χ1v) is 7.48. The molecule has 3 aromatic rings. The van der Waals surface area contributed by atoms with Crippen LogP contribution in [-0.4, -0.2) is 32.5 Å². The SMILES string of the molecule is Cc1cc(N=CC2C(=O)Nc3ccc4n[nH]nc4c32)ccc1[N+](=O)[O-]. The van der Waals surface area contributed by atoms with Crippen molar-refractivity contribution in [2.45, 2.75) is 12.8 Å². The summed E-state index contributed by atoms with van der Waals surface area (Å²) in [4.78, 5) is 27.0. The van der Waals surface area contributed by atoms with Crippen molar-refractivity contribution in [3.05, 3.63) is 51.6 Å². The molecule has 1 aliphatic rings. The van der Waals surface area contributed by atoms with E-state index in [1.165, 1.54) is 12.3 Å². The highest BCUT2D eigenvalue weighted by Gasteiger charge is 2.32. The average molecular weight is 336 g/mol. The van der Waals surface area contributed by atoms with Gasteiger partial charge in [-0.2, -0.15) is 15.4 Å². The molecule has 1 amide bonds. The lowest BCUT2D eigenvalue weighted by molar-refractivity contribution is -0.385. The zero-order valence-corrected chi connectivity index (χ0v) is 13.1. The van der Waals surface area contributed by atoms with Crippen molar-refractivity contribution in [2.75, 3.05) is 5.32 Å². The van der Waals surface area contributed by atoms with Crippen LogP contribution < -0.4 is 5.32 Å². The van der Waals surface area contributed by atoms with Crippen LogP contribution in [0.25, 0.3) is 11.0 Å². The molecule has 0 bridgehead atoms. The summed E-state index contributed by atoms with van der Waals surface area (Å²) in [6, 6.07) is 8.12. The summed E-state index contributed by atoms with van der Waals surface area (Å²) in [6.45, 7) is 1.65. The number of aromatic nitrogens is 3. The summed E-state index contributed by atoms with van der Waals surface area (Å²) >= 11 is 0. The maximum atomic E-state index is 12.3. The van der Waals surface area contributed by atoms with Crippen LogP contribution in [0, 0.1) is 17.0 Å². The van der Waals surface area contributed by atoms with Gasteiger partial charge < -0.3 is 5.32 Å². The van der Waals surface area contributed by atoms with E-state index in [1.807, 2.05) is 0 Å². The Kier molecular flexibility index (Phi) is 3.27. The first-order valence-electron chi connectivity index (χ1n) is 7.48. The number of aryl methyl sites for hydroxylation is 1. The summed E-state index contributed by atoms with van der Waals surface area (Å²) < 4.78 is 0. The van der Waals surface area contributed by atoms with Crippen molar-refractivity contribution in [1.82, 2.24) is 15.4 Å². The third-order valence-corrected chi connectivity index (χ3v) is 4.13. The Bertz CT molecular complexity index is 1060. The topological polar surface area (TPSA) is 126 Å². The van der Waals surface area contributed by atoms with E-state index in [-0.39, 0.29) is 11.6 Å². The molecule has 0 saturated heterocycles. The van der Waals surface area contributed by atoms with E-state index in [0.29, 0.717) is 28.0 Å². The summed E-state index contributed by atoms with van der Waals surface area (Å²) in [5, 5.41) is 24.4. The van der Waals surface area contributed by atoms with Crippen LogP contribution in [0.1, 0.15) is 17.0 Å². The van der Waals surface area contributed by atoms with Gasteiger partial charge in [0.2, 0.25) is 5.91 Å². The van der Waals surface area contributed by atoms with Gasteiger partial charge in [-0.3, -0.25) is 19.9 Å². The Balaban J connectivity index is 1.71. The van der Waals surface area contributed by atoms with Gasteiger partial charge in [0.15, 0.2) is 0 Å².